The van der Waals surface area contributed by atoms with Crippen molar-refractivity contribution in [2.45, 2.75) is 0 Å². The molecule has 5 heteroatoms. The molecule has 1 amide bonds. The van der Waals surface area contributed by atoms with Crippen LogP contribution in [0.1, 0.15) is 0 Å². The van der Waals surface area contributed by atoms with Gasteiger partial charge in [-0.2, -0.15) is 0 Å². The molecule has 0 atom stereocenters. The largest absolute Gasteiger partial charge is 0.303 e. The summed E-state index contributed by atoms with van der Waals surface area (Å²) < 4.78 is 0. The van der Waals surface area contributed by atoms with Crippen LogP contribution in [0.25, 0.3) is 10.6 Å². The van der Waals surface area contributed by atoms with Gasteiger partial charge in [-0.1, -0.05) is 41.7 Å². The van der Waals surface area contributed by atoms with Gasteiger partial charge in [0.05, 0.1) is 0 Å². The zero-order chi connectivity index (χ0) is 9.80. The summed E-state index contributed by atoms with van der Waals surface area (Å²) in [6.45, 7) is 0. The molecule has 0 saturated heterocycles. The number of aromatic nitrogens is 2. The molecule has 0 bridgehead atoms. The van der Waals surface area contributed by atoms with E-state index in [-0.39, 0.29) is 0 Å². The zero-order valence-electron chi connectivity index (χ0n) is 7.18. The number of benzene rings is 1. The smallest absolute Gasteiger partial charge is 0.213 e. The Kier molecular flexibility index (Phi) is 2.51. The molecule has 1 N–H and O–H groups in total. The topological polar surface area (TPSA) is 54.9 Å². The van der Waals surface area contributed by atoms with Crippen LogP contribution in [-0.4, -0.2) is 16.6 Å². The molecule has 0 saturated carbocycles. The van der Waals surface area contributed by atoms with Crippen LogP contribution < -0.4 is 5.32 Å². The van der Waals surface area contributed by atoms with Crippen LogP contribution in [-0.2, 0) is 4.79 Å². The van der Waals surface area contributed by atoms with E-state index in [1.165, 1.54) is 11.3 Å². The Morgan fingerprint density at radius 2 is 2.00 bits per heavy atom. The molecule has 1 heterocycles. The van der Waals surface area contributed by atoms with Gasteiger partial charge in [-0.3, -0.25) is 4.79 Å². The fraction of sp³-hybridized carbons (Fsp3) is 0. The Bertz CT molecular complexity index is 427. The van der Waals surface area contributed by atoms with Gasteiger partial charge >= 0.3 is 0 Å². The summed E-state index contributed by atoms with van der Waals surface area (Å²) >= 11 is 1.35. The third-order valence-corrected chi connectivity index (χ3v) is 2.53. The molecule has 14 heavy (non-hydrogen) atoms. The van der Waals surface area contributed by atoms with E-state index >= 15 is 0 Å². The number of amides is 1. The van der Waals surface area contributed by atoms with E-state index in [0.29, 0.717) is 11.5 Å². The van der Waals surface area contributed by atoms with E-state index in [9.17, 15) is 4.79 Å². The summed E-state index contributed by atoms with van der Waals surface area (Å²) in [5.41, 5.74) is 1.00. The van der Waals surface area contributed by atoms with Crippen LogP contribution in [0.3, 0.4) is 0 Å². The summed E-state index contributed by atoms with van der Waals surface area (Å²) in [6, 6.07) is 9.71. The van der Waals surface area contributed by atoms with Crippen LogP contribution in [0.4, 0.5) is 5.13 Å². The molecule has 0 radical (unpaired) electrons. The summed E-state index contributed by atoms with van der Waals surface area (Å²) in [5, 5.41) is 11.5. The lowest BCUT2D eigenvalue weighted by Gasteiger charge is -1.91. The van der Waals surface area contributed by atoms with Crippen molar-refractivity contribution in [2.75, 3.05) is 5.32 Å². The number of carbonyl (C=O) groups is 1. The number of hydrogen-bond acceptors (Lipinski definition) is 4. The second-order valence-corrected chi connectivity index (χ2v) is 3.52. The van der Waals surface area contributed by atoms with Crippen LogP contribution >= 0.6 is 11.3 Å². The fourth-order valence-electron chi connectivity index (χ4n) is 1.03. The van der Waals surface area contributed by atoms with Crippen molar-refractivity contribution in [3.63, 3.8) is 0 Å². The minimum Gasteiger partial charge on any atom is -0.303 e. The van der Waals surface area contributed by atoms with Crippen molar-refractivity contribution in [1.29, 1.82) is 0 Å². The Morgan fingerprint density at radius 1 is 1.21 bits per heavy atom. The first kappa shape index (κ1) is 8.83. The third-order valence-electron chi connectivity index (χ3n) is 1.63. The Balaban J connectivity index is 2.29. The first-order chi connectivity index (χ1) is 6.90. The zero-order valence-corrected chi connectivity index (χ0v) is 7.99. The fourth-order valence-corrected chi connectivity index (χ4v) is 1.74. The summed E-state index contributed by atoms with van der Waals surface area (Å²) in [6.07, 6.45) is 0.593. The van der Waals surface area contributed by atoms with Crippen molar-refractivity contribution in [3.8, 4) is 10.6 Å². The molecule has 70 valence electrons. The highest BCUT2D eigenvalue weighted by Crippen LogP contribution is 2.25. The normalized spacial score (nSPS) is 9.71. The molecular weight excluding hydrogens is 198 g/mol. The van der Waals surface area contributed by atoms with Gasteiger partial charge in [0, 0.05) is 5.56 Å². The molecule has 0 aliphatic heterocycles. The molecule has 0 fully saturated rings. The van der Waals surface area contributed by atoms with Gasteiger partial charge in [0.15, 0.2) is 0 Å². The summed E-state index contributed by atoms with van der Waals surface area (Å²) in [7, 11) is 0. The lowest BCUT2D eigenvalue weighted by molar-refractivity contribution is -0.105. The van der Waals surface area contributed by atoms with Crippen molar-refractivity contribution < 1.29 is 4.79 Å². The molecule has 0 spiro atoms. The van der Waals surface area contributed by atoms with Gasteiger partial charge in [-0.05, 0) is 0 Å². The first-order valence-corrected chi connectivity index (χ1v) is 4.81. The molecule has 4 nitrogen and oxygen atoms in total. The standard InChI is InChI=1S/C9H7N3OS/c13-6-10-9-12-11-8(14-9)7-4-2-1-3-5-7/h1-6H,(H,10,12,13). The molecule has 0 aliphatic carbocycles. The van der Waals surface area contributed by atoms with Crippen molar-refractivity contribution >= 4 is 22.9 Å². The third kappa shape index (κ3) is 1.77. The highest BCUT2D eigenvalue weighted by molar-refractivity contribution is 7.18. The van der Waals surface area contributed by atoms with Gasteiger partial charge in [0.2, 0.25) is 11.5 Å². The average Bonchev–Trinajstić information content (AvgIpc) is 2.68. The number of nitrogens with one attached hydrogen (secondary N) is 1. The molecule has 1 aromatic carbocycles. The van der Waals surface area contributed by atoms with Gasteiger partial charge in [-0.15, -0.1) is 10.2 Å². The van der Waals surface area contributed by atoms with Gasteiger partial charge in [-0.25, -0.2) is 0 Å². The lowest BCUT2D eigenvalue weighted by Crippen LogP contribution is -1.91. The monoisotopic (exact) mass is 205 g/mol. The van der Waals surface area contributed by atoms with Gasteiger partial charge in [0.25, 0.3) is 0 Å². The highest BCUT2D eigenvalue weighted by atomic mass is 32.1. The first-order valence-electron chi connectivity index (χ1n) is 3.99. The predicted molar refractivity (Wildman–Crippen MR) is 55.0 cm³/mol. The second kappa shape index (κ2) is 3.97. The van der Waals surface area contributed by atoms with Crippen molar-refractivity contribution in [2.24, 2.45) is 0 Å². The number of nitrogens with zero attached hydrogens (tertiary/aromatic N) is 2. The van der Waals surface area contributed by atoms with E-state index in [4.69, 9.17) is 0 Å². The van der Waals surface area contributed by atoms with E-state index in [1.54, 1.807) is 0 Å². The number of hydrogen-bond donors (Lipinski definition) is 1. The van der Waals surface area contributed by atoms with E-state index < -0.39 is 0 Å². The molecule has 0 unspecified atom stereocenters. The maximum absolute atomic E-state index is 10.1. The maximum Gasteiger partial charge on any atom is 0.213 e. The lowest BCUT2D eigenvalue weighted by atomic mass is 10.2. The maximum atomic E-state index is 10.1. The van der Waals surface area contributed by atoms with Gasteiger partial charge in [0.1, 0.15) is 5.01 Å². The number of rotatable bonds is 3. The van der Waals surface area contributed by atoms with Crippen molar-refractivity contribution in [3.05, 3.63) is 30.3 Å². The minimum absolute atomic E-state index is 0.513. The van der Waals surface area contributed by atoms with Crippen LogP contribution in [0.2, 0.25) is 0 Å². The second-order valence-electron chi connectivity index (χ2n) is 2.54. The highest BCUT2D eigenvalue weighted by Gasteiger charge is 2.04. The molecular formula is C9H7N3OS. The quantitative estimate of drug-likeness (QED) is 0.777. The molecule has 0 aliphatic rings. The SMILES string of the molecule is O=CNc1nnc(-c2ccccc2)s1. The van der Waals surface area contributed by atoms with Crippen LogP contribution in [0.5, 0.6) is 0 Å². The molecule has 2 rings (SSSR count). The Labute approximate surface area is 84.6 Å². The number of anilines is 1. The molecule has 1 aromatic heterocycles. The van der Waals surface area contributed by atoms with Gasteiger partial charge < -0.3 is 5.32 Å². The Morgan fingerprint density at radius 3 is 2.71 bits per heavy atom. The minimum atomic E-state index is 0.513. The van der Waals surface area contributed by atoms with E-state index in [0.717, 1.165) is 10.6 Å². The van der Waals surface area contributed by atoms with Crippen LogP contribution in [0.15, 0.2) is 30.3 Å². The van der Waals surface area contributed by atoms with E-state index in [2.05, 4.69) is 15.5 Å². The average molecular weight is 205 g/mol. The number of carbonyl (C=O) groups excluding carboxylic acids is 1. The van der Waals surface area contributed by atoms with E-state index in [1.807, 2.05) is 30.3 Å². The van der Waals surface area contributed by atoms with Crippen molar-refractivity contribution in [1.82, 2.24) is 10.2 Å². The predicted octanol–water partition coefficient (Wildman–Crippen LogP) is 1.77. The Hall–Kier alpha value is -1.75. The summed E-state index contributed by atoms with van der Waals surface area (Å²) in [4.78, 5) is 10.1. The van der Waals surface area contributed by atoms with Crippen LogP contribution in [0, 0.1) is 0 Å². The molecule has 2 aromatic rings. The summed E-state index contributed by atoms with van der Waals surface area (Å²) in [5.74, 6) is 0.